The molecule has 4 nitrogen and oxygen atoms in total. The first kappa shape index (κ1) is 13.0. The van der Waals surface area contributed by atoms with Crippen LogP contribution in [0.1, 0.15) is 26.2 Å². The molecule has 0 bridgehead atoms. The van der Waals surface area contributed by atoms with Gasteiger partial charge in [-0.2, -0.15) is 0 Å². The van der Waals surface area contributed by atoms with Crippen LogP contribution in [0.15, 0.2) is 0 Å². The Balaban J connectivity index is 2.41. The molecule has 15 heavy (non-hydrogen) atoms. The predicted octanol–water partition coefficient (Wildman–Crippen LogP) is 0.853. The van der Waals surface area contributed by atoms with Crippen LogP contribution in [0.2, 0.25) is 0 Å². The summed E-state index contributed by atoms with van der Waals surface area (Å²) in [6, 6.07) is 0. The van der Waals surface area contributed by atoms with Crippen molar-refractivity contribution in [2.75, 3.05) is 12.3 Å². The molecule has 0 saturated carbocycles. The summed E-state index contributed by atoms with van der Waals surface area (Å²) in [4.78, 5) is 11.2. The molecule has 1 heterocycles. The Labute approximate surface area is 98.9 Å². The van der Waals surface area contributed by atoms with Gasteiger partial charge >= 0.3 is 0 Å². The lowest BCUT2D eigenvalue weighted by Crippen LogP contribution is -2.38. The molecule has 1 rings (SSSR count). The fourth-order valence-electron chi connectivity index (χ4n) is 1.60. The number of rotatable bonds is 4. The third kappa shape index (κ3) is 3.45. The average molecular weight is 298 g/mol. The summed E-state index contributed by atoms with van der Waals surface area (Å²) in [5.74, 6) is 0.138. The van der Waals surface area contributed by atoms with E-state index in [1.807, 2.05) is 6.92 Å². The van der Waals surface area contributed by atoms with Crippen molar-refractivity contribution in [2.45, 2.75) is 36.3 Å². The van der Waals surface area contributed by atoms with E-state index in [-0.39, 0.29) is 28.3 Å². The van der Waals surface area contributed by atoms with Crippen LogP contribution >= 0.6 is 15.9 Å². The molecule has 0 radical (unpaired) electrons. The van der Waals surface area contributed by atoms with E-state index in [9.17, 15) is 13.2 Å². The highest BCUT2D eigenvalue weighted by Gasteiger charge is 2.31. The molecule has 1 saturated heterocycles. The van der Waals surface area contributed by atoms with Gasteiger partial charge in [0.15, 0.2) is 9.84 Å². The monoisotopic (exact) mass is 297 g/mol. The number of alkyl halides is 1. The lowest BCUT2D eigenvalue weighted by atomic mass is 10.2. The maximum atomic E-state index is 11.5. The number of halogens is 1. The van der Waals surface area contributed by atoms with Crippen molar-refractivity contribution in [3.63, 3.8) is 0 Å². The highest BCUT2D eigenvalue weighted by atomic mass is 79.9. The van der Waals surface area contributed by atoms with Gasteiger partial charge in [0.25, 0.3) is 0 Å². The van der Waals surface area contributed by atoms with E-state index in [1.165, 1.54) is 0 Å². The third-order valence-corrected chi connectivity index (χ3v) is 5.95. The molecular weight excluding hydrogens is 282 g/mol. The Kier molecular flexibility index (Phi) is 4.58. The van der Waals surface area contributed by atoms with E-state index >= 15 is 0 Å². The summed E-state index contributed by atoms with van der Waals surface area (Å²) in [6.07, 6.45) is 2.08. The minimum Gasteiger partial charge on any atom is -0.354 e. The summed E-state index contributed by atoms with van der Waals surface area (Å²) in [5, 5.41) is 2.29. The smallest absolute Gasteiger partial charge is 0.233 e. The van der Waals surface area contributed by atoms with Gasteiger partial charge in [-0.1, -0.05) is 22.9 Å². The van der Waals surface area contributed by atoms with Crippen LogP contribution in [0.3, 0.4) is 0 Å². The Morgan fingerprint density at radius 1 is 1.60 bits per heavy atom. The van der Waals surface area contributed by atoms with E-state index in [4.69, 9.17) is 0 Å². The van der Waals surface area contributed by atoms with Crippen molar-refractivity contribution in [1.29, 1.82) is 0 Å². The summed E-state index contributed by atoms with van der Waals surface area (Å²) in [5.41, 5.74) is 0. The van der Waals surface area contributed by atoms with Crippen LogP contribution in [-0.2, 0) is 14.6 Å². The second-order valence-electron chi connectivity index (χ2n) is 3.75. The van der Waals surface area contributed by atoms with E-state index in [2.05, 4.69) is 21.2 Å². The molecule has 0 aromatic heterocycles. The Morgan fingerprint density at radius 2 is 2.27 bits per heavy atom. The zero-order valence-electron chi connectivity index (χ0n) is 8.70. The maximum Gasteiger partial charge on any atom is 0.233 e. The van der Waals surface area contributed by atoms with Gasteiger partial charge in [0.1, 0.15) is 0 Å². The number of sulfone groups is 1. The van der Waals surface area contributed by atoms with Crippen LogP contribution in [0.5, 0.6) is 0 Å². The van der Waals surface area contributed by atoms with Gasteiger partial charge < -0.3 is 5.32 Å². The maximum absolute atomic E-state index is 11.5. The quantitative estimate of drug-likeness (QED) is 0.783. The topological polar surface area (TPSA) is 63.2 Å². The summed E-state index contributed by atoms with van der Waals surface area (Å²) >= 11 is 3.22. The molecule has 0 aromatic carbocycles. The number of hydrogen-bond acceptors (Lipinski definition) is 3. The minimum absolute atomic E-state index is 0.125. The van der Waals surface area contributed by atoms with Gasteiger partial charge in [-0.05, 0) is 19.3 Å². The zero-order valence-corrected chi connectivity index (χ0v) is 11.1. The van der Waals surface area contributed by atoms with E-state index in [0.29, 0.717) is 19.3 Å². The normalized spacial score (nSPS) is 26.1. The van der Waals surface area contributed by atoms with Crippen molar-refractivity contribution < 1.29 is 13.2 Å². The fourth-order valence-corrected chi connectivity index (χ4v) is 3.53. The number of carbonyl (C=O) groups is 1. The first-order valence-electron chi connectivity index (χ1n) is 5.10. The molecule has 2 atom stereocenters. The van der Waals surface area contributed by atoms with Crippen LogP contribution in [0, 0.1) is 0 Å². The molecule has 1 amide bonds. The Hall–Kier alpha value is -0.100. The minimum atomic E-state index is -2.95. The van der Waals surface area contributed by atoms with Crippen molar-refractivity contribution in [2.24, 2.45) is 0 Å². The molecule has 88 valence electrons. The summed E-state index contributed by atoms with van der Waals surface area (Å²) < 4.78 is 22.9. The Morgan fingerprint density at radius 3 is 2.73 bits per heavy atom. The van der Waals surface area contributed by atoms with E-state index < -0.39 is 9.84 Å². The molecule has 0 spiro atoms. The van der Waals surface area contributed by atoms with Crippen LogP contribution in [0.4, 0.5) is 0 Å². The predicted molar refractivity (Wildman–Crippen MR) is 62.8 cm³/mol. The van der Waals surface area contributed by atoms with Crippen molar-refractivity contribution in [3.8, 4) is 0 Å². The molecule has 1 N–H and O–H groups in total. The highest BCUT2D eigenvalue weighted by molar-refractivity contribution is 9.10. The van der Waals surface area contributed by atoms with Crippen LogP contribution in [0.25, 0.3) is 0 Å². The summed E-state index contributed by atoms with van der Waals surface area (Å²) in [6.45, 7) is 2.15. The molecule has 2 unspecified atom stereocenters. The zero-order chi connectivity index (χ0) is 11.5. The molecule has 6 heteroatoms. The number of carbonyl (C=O) groups excluding carboxylic acids is 1. The largest absolute Gasteiger partial charge is 0.354 e. The second kappa shape index (κ2) is 5.30. The average Bonchev–Trinajstić information content (AvgIpc) is 2.53. The van der Waals surface area contributed by atoms with Crippen molar-refractivity contribution in [1.82, 2.24) is 5.32 Å². The molecule has 1 aliphatic heterocycles. The van der Waals surface area contributed by atoms with Gasteiger partial charge in [-0.25, -0.2) is 8.42 Å². The standard InChI is InChI=1S/C9H16BrNO3S/c1-2-8(10)9(12)11-6-7-4-3-5-15(7,13)14/h7-8H,2-6H2,1H3,(H,11,12). The van der Waals surface area contributed by atoms with Crippen molar-refractivity contribution in [3.05, 3.63) is 0 Å². The third-order valence-electron chi connectivity index (χ3n) is 2.61. The van der Waals surface area contributed by atoms with Crippen LogP contribution in [-0.4, -0.2) is 36.7 Å². The number of hydrogen-bond donors (Lipinski definition) is 1. The molecular formula is C9H16BrNO3S. The Bertz CT molecular complexity index is 328. The van der Waals surface area contributed by atoms with Gasteiger partial charge in [-0.15, -0.1) is 0 Å². The first-order chi connectivity index (χ1) is 6.97. The van der Waals surface area contributed by atoms with Crippen LogP contribution < -0.4 is 5.32 Å². The fraction of sp³-hybridized carbons (Fsp3) is 0.889. The first-order valence-corrected chi connectivity index (χ1v) is 7.74. The van der Waals surface area contributed by atoms with Gasteiger partial charge in [0, 0.05) is 6.54 Å². The van der Waals surface area contributed by atoms with Crippen molar-refractivity contribution >= 4 is 31.7 Å². The SMILES string of the molecule is CCC(Br)C(=O)NCC1CCCS1(=O)=O. The van der Waals surface area contributed by atoms with Gasteiger partial charge in [-0.3, -0.25) is 4.79 Å². The highest BCUT2D eigenvalue weighted by Crippen LogP contribution is 2.19. The molecule has 1 fully saturated rings. The van der Waals surface area contributed by atoms with E-state index in [0.717, 1.165) is 0 Å². The molecule has 1 aliphatic rings. The second-order valence-corrected chi connectivity index (χ2v) is 7.26. The van der Waals surface area contributed by atoms with Gasteiger partial charge in [0.05, 0.1) is 15.8 Å². The molecule has 0 aliphatic carbocycles. The summed E-state index contributed by atoms with van der Waals surface area (Å²) in [7, 11) is -2.95. The lowest BCUT2D eigenvalue weighted by molar-refractivity contribution is -0.120. The number of amides is 1. The molecule has 0 aromatic rings. The number of nitrogens with one attached hydrogen (secondary N) is 1. The lowest BCUT2D eigenvalue weighted by Gasteiger charge is -2.12. The van der Waals surface area contributed by atoms with Gasteiger partial charge in [0.2, 0.25) is 5.91 Å². The van der Waals surface area contributed by atoms with E-state index in [1.54, 1.807) is 0 Å².